The van der Waals surface area contributed by atoms with Crippen molar-refractivity contribution < 1.29 is 4.42 Å². The molecule has 0 atom stereocenters. The van der Waals surface area contributed by atoms with Gasteiger partial charge in [0.15, 0.2) is 0 Å². The van der Waals surface area contributed by atoms with Crippen molar-refractivity contribution in [1.29, 1.82) is 0 Å². The third kappa shape index (κ3) is 1.99. The van der Waals surface area contributed by atoms with Crippen LogP contribution in [-0.4, -0.2) is 9.78 Å². The molecule has 4 heteroatoms. The summed E-state index contributed by atoms with van der Waals surface area (Å²) in [6, 6.07) is 8.08. The van der Waals surface area contributed by atoms with E-state index in [1.54, 1.807) is 0 Å². The molecule has 0 fully saturated rings. The van der Waals surface area contributed by atoms with E-state index in [0.717, 1.165) is 34.6 Å². The van der Waals surface area contributed by atoms with Crippen LogP contribution >= 0.6 is 0 Å². The smallest absolute Gasteiger partial charge is 0.134 e. The number of benzene rings is 1. The lowest BCUT2D eigenvalue weighted by Crippen LogP contribution is -2.01. The van der Waals surface area contributed by atoms with Crippen LogP contribution in [0.1, 0.15) is 17.0 Å². The largest absolute Gasteiger partial charge is 0.464 e. The maximum absolute atomic E-state index is 5.54. The first kappa shape index (κ1) is 11.8. The molecule has 0 radical (unpaired) electrons. The van der Waals surface area contributed by atoms with Gasteiger partial charge in [0.1, 0.15) is 5.58 Å². The second kappa shape index (κ2) is 4.46. The second-order valence-electron chi connectivity index (χ2n) is 4.78. The highest BCUT2D eigenvalue weighted by atomic mass is 16.3. The predicted molar refractivity (Wildman–Crippen MR) is 76.2 cm³/mol. The number of aromatic nitrogens is 2. The number of para-hydroxylation sites is 1. The first-order valence-corrected chi connectivity index (χ1v) is 6.36. The third-order valence-electron chi connectivity index (χ3n) is 3.53. The summed E-state index contributed by atoms with van der Waals surface area (Å²) in [7, 11) is 1.96. The van der Waals surface area contributed by atoms with Gasteiger partial charge in [0.25, 0.3) is 0 Å². The molecule has 3 rings (SSSR count). The van der Waals surface area contributed by atoms with Crippen molar-refractivity contribution in [3.05, 3.63) is 47.5 Å². The van der Waals surface area contributed by atoms with Gasteiger partial charge < -0.3 is 9.73 Å². The molecule has 19 heavy (non-hydrogen) atoms. The minimum atomic E-state index is 0.740. The Labute approximate surface area is 112 Å². The van der Waals surface area contributed by atoms with Crippen LogP contribution in [0.25, 0.3) is 11.0 Å². The fraction of sp³-hybridized carbons (Fsp3) is 0.267. The molecule has 4 nitrogen and oxygen atoms in total. The minimum Gasteiger partial charge on any atom is -0.464 e. The van der Waals surface area contributed by atoms with E-state index in [4.69, 9.17) is 4.42 Å². The van der Waals surface area contributed by atoms with E-state index < -0.39 is 0 Å². The zero-order valence-corrected chi connectivity index (χ0v) is 11.4. The Morgan fingerprint density at radius 1 is 1.26 bits per heavy atom. The Morgan fingerprint density at radius 2 is 2.05 bits per heavy atom. The quantitative estimate of drug-likeness (QED) is 0.780. The summed E-state index contributed by atoms with van der Waals surface area (Å²) in [4.78, 5) is 0. The van der Waals surface area contributed by atoms with Crippen molar-refractivity contribution in [2.75, 3.05) is 5.32 Å². The SMILES string of the molecule is Cc1nn(C)c(C)c1NCc1coc2ccccc12. The molecule has 1 N–H and O–H groups in total. The average molecular weight is 255 g/mol. The minimum absolute atomic E-state index is 0.740. The molecule has 0 saturated carbocycles. The van der Waals surface area contributed by atoms with Crippen LogP contribution in [0, 0.1) is 13.8 Å². The molecular formula is C15H17N3O. The van der Waals surface area contributed by atoms with Gasteiger partial charge in [0.05, 0.1) is 23.3 Å². The van der Waals surface area contributed by atoms with Gasteiger partial charge in [-0.1, -0.05) is 18.2 Å². The monoisotopic (exact) mass is 255 g/mol. The van der Waals surface area contributed by atoms with Crippen LogP contribution < -0.4 is 5.32 Å². The number of hydrogen-bond acceptors (Lipinski definition) is 3. The van der Waals surface area contributed by atoms with Crippen molar-refractivity contribution in [3.63, 3.8) is 0 Å². The third-order valence-corrected chi connectivity index (χ3v) is 3.53. The van der Waals surface area contributed by atoms with Crippen LogP contribution in [0.3, 0.4) is 0 Å². The summed E-state index contributed by atoms with van der Waals surface area (Å²) in [6.45, 7) is 4.82. The maximum atomic E-state index is 5.54. The van der Waals surface area contributed by atoms with E-state index in [9.17, 15) is 0 Å². The highest BCUT2D eigenvalue weighted by molar-refractivity contribution is 5.81. The standard InChI is InChI=1S/C15H17N3O/c1-10-15(11(2)18(3)17-10)16-8-12-9-19-14-7-5-4-6-13(12)14/h4-7,9,16H,8H2,1-3H3. The Bertz CT molecular complexity index is 724. The molecule has 3 aromatic rings. The predicted octanol–water partition coefficient (Wildman–Crippen LogP) is 3.40. The number of fused-ring (bicyclic) bond motifs is 1. The normalized spacial score (nSPS) is 11.1. The summed E-state index contributed by atoms with van der Waals surface area (Å²) >= 11 is 0. The molecule has 0 saturated heterocycles. The first-order valence-electron chi connectivity index (χ1n) is 6.36. The number of hydrogen-bond donors (Lipinski definition) is 1. The van der Waals surface area contributed by atoms with Crippen molar-refractivity contribution >= 4 is 16.7 Å². The zero-order valence-electron chi connectivity index (χ0n) is 11.4. The van der Waals surface area contributed by atoms with Crippen molar-refractivity contribution in [2.45, 2.75) is 20.4 Å². The van der Waals surface area contributed by atoms with Crippen LogP contribution in [0.5, 0.6) is 0 Å². The lowest BCUT2D eigenvalue weighted by molar-refractivity contribution is 0.611. The molecule has 0 amide bonds. The summed E-state index contributed by atoms with van der Waals surface area (Å²) in [6.07, 6.45) is 1.82. The summed E-state index contributed by atoms with van der Waals surface area (Å²) < 4.78 is 7.44. The van der Waals surface area contributed by atoms with E-state index in [0.29, 0.717) is 0 Å². The van der Waals surface area contributed by atoms with Crippen LogP contribution in [0.15, 0.2) is 34.9 Å². The van der Waals surface area contributed by atoms with Crippen LogP contribution in [0.4, 0.5) is 5.69 Å². The molecule has 0 aliphatic rings. The Kier molecular flexibility index (Phi) is 2.78. The molecule has 0 aliphatic carbocycles. The van der Waals surface area contributed by atoms with E-state index in [2.05, 4.69) is 23.4 Å². The fourth-order valence-electron chi connectivity index (χ4n) is 2.38. The lowest BCUT2D eigenvalue weighted by Gasteiger charge is -2.05. The first-order chi connectivity index (χ1) is 9.16. The van der Waals surface area contributed by atoms with E-state index in [1.807, 2.05) is 43.1 Å². The molecule has 0 aliphatic heterocycles. The van der Waals surface area contributed by atoms with Gasteiger partial charge in [0.2, 0.25) is 0 Å². The molecule has 2 aromatic heterocycles. The molecule has 98 valence electrons. The number of rotatable bonds is 3. The Hall–Kier alpha value is -2.23. The molecule has 2 heterocycles. The Balaban J connectivity index is 1.86. The number of nitrogens with one attached hydrogen (secondary N) is 1. The highest BCUT2D eigenvalue weighted by Crippen LogP contribution is 2.23. The number of furan rings is 1. The molecular weight excluding hydrogens is 238 g/mol. The van der Waals surface area contributed by atoms with Gasteiger partial charge in [0, 0.05) is 24.5 Å². The number of anilines is 1. The molecule has 0 unspecified atom stereocenters. The van der Waals surface area contributed by atoms with Crippen molar-refractivity contribution in [3.8, 4) is 0 Å². The van der Waals surface area contributed by atoms with Crippen LogP contribution in [-0.2, 0) is 13.6 Å². The van der Waals surface area contributed by atoms with Gasteiger partial charge in [-0.15, -0.1) is 0 Å². The highest BCUT2D eigenvalue weighted by Gasteiger charge is 2.10. The maximum Gasteiger partial charge on any atom is 0.134 e. The summed E-state index contributed by atoms with van der Waals surface area (Å²) in [5.41, 5.74) is 5.36. The van der Waals surface area contributed by atoms with Crippen molar-refractivity contribution in [2.24, 2.45) is 7.05 Å². The van der Waals surface area contributed by atoms with E-state index >= 15 is 0 Å². The molecule has 1 aromatic carbocycles. The van der Waals surface area contributed by atoms with Gasteiger partial charge in [-0.25, -0.2) is 0 Å². The lowest BCUT2D eigenvalue weighted by atomic mass is 10.2. The van der Waals surface area contributed by atoms with Crippen molar-refractivity contribution in [1.82, 2.24) is 9.78 Å². The second-order valence-corrected chi connectivity index (χ2v) is 4.78. The number of nitrogens with zero attached hydrogens (tertiary/aromatic N) is 2. The molecule has 0 spiro atoms. The molecule has 0 bridgehead atoms. The van der Waals surface area contributed by atoms with Gasteiger partial charge in [-0.05, 0) is 19.9 Å². The average Bonchev–Trinajstić information content (AvgIpc) is 2.91. The van der Waals surface area contributed by atoms with Gasteiger partial charge in [-0.3, -0.25) is 4.68 Å². The summed E-state index contributed by atoms with van der Waals surface area (Å²) in [5.74, 6) is 0. The van der Waals surface area contributed by atoms with Crippen LogP contribution in [0.2, 0.25) is 0 Å². The van der Waals surface area contributed by atoms with E-state index in [1.165, 1.54) is 5.56 Å². The van der Waals surface area contributed by atoms with Gasteiger partial charge >= 0.3 is 0 Å². The summed E-state index contributed by atoms with van der Waals surface area (Å²) in [5, 5.41) is 9.02. The Morgan fingerprint density at radius 3 is 2.79 bits per heavy atom. The fourth-order valence-corrected chi connectivity index (χ4v) is 2.38. The topological polar surface area (TPSA) is 43.0 Å². The van der Waals surface area contributed by atoms with Gasteiger partial charge in [-0.2, -0.15) is 5.10 Å². The number of aryl methyl sites for hydroxylation is 2. The van der Waals surface area contributed by atoms with E-state index in [-0.39, 0.29) is 0 Å². The zero-order chi connectivity index (χ0) is 13.4.